The Kier molecular flexibility index (Phi) is 9.15. The van der Waals surface area contributed by atoms with Gasteiger partial charge in [-0.1, -0.05) is 28.4 Å². The summed E-state index contributed by atoms with van der Waals surface area (Å²) in [4.78, 5) is 65.1. The van der Waals surface area contributed by atoms with Gasteiger partial charge in [0.05, 0.1) is 12.6 Å². The number of carboxylic acids is 2. The van der Waals surface area contributed by atoms with E-state index in [4.69, 9.17) is 22.0 Å². The maximum atomic E-state index is 13.4. The molecule has 2 aromatic heterocycles. The summed E-state index contributed by atoms with van der Waals surface area (Å²) in [5.74, 6) is -4.91. The number of nitrogen functional groups attached to an aromatic ring is 3. The normalized spacial score (nSPS) is 18.4. The number of carbonyl (C=O) groups is 4. The van der Waals surface area contributed by atoms with Crippen LogP contribution in [0.2, 0.25) is 0 Å². The minimum Gasteiger partial charge on any atom is -0.504 e. The van der Waals surface area contributed by atoms with Crippen LogP contribution in [-0.2, 0) is 30.6 Å². The molecule has 3 atom stereocenters. The van der Waals surface area contributed by atoms with Crippen LogP contribution in [0.1, 0.15) is 17.4 Å². The number of rotatable bonds is 11. The van der Waals surface area contributed by atoms with E-state index >= 15 is 0 Å². The molecule has 18 nitrogen and oxygen atoms in total. The van der Waals surface area contributed by atoms with Crippen molar-refractivity contribution < 1.29 is 49.0 Å². The van der Waals surface area contributed by atoms with Crippen LogP contribution in [-0.4, -0.2) is 81.9 Å². The Morgan fingerprint density at radius 3 is 2.60 bits per heavy atom. The number of carboxylic acid groups (broad SMARTS) is 2. The largest absolute Gasteiger partial charge is 0.504 e. The lowest BCUT2D eigenvalue weighted by Gasteiger charge is -2.49. The van der Waals surface area contributed by atoms with Gasteiger partial charge in [-0.3, -0.25) is 14.5 Å². The highest BCUT2D eigenvalue weighted by Crippen LogP contribution is 2.40. The van der Waals surface area contributed by atoms with Gasteiger partial charge < -0.3 is 47.8 Å². The number of nitrogens with two attached hydrogens (primary N) is 3. The average molecular weight is 685 g/mol. The van der Waals surface area contributed by atoms with E-state index < -0.39 is 58.5 Å². The Hall–Kier alpha value is -5.89. The van der Waals surface area contributed by atoms with Gasteiger partial charge >= 0.3 is 11.9 Å². The summed E-state index contributed by atoms with van der Waals surface area (Å²) < 4.78 is 1.58. The van der Waals surface area contributed by atoms with Crippen LogP contribution in [0.5, 0.6) is 11.5 Å². The van der Waals surface area contributed by atoms with Crippen molar-refractivity contribution >= 4 is 69.3 Å². The molecule has 0 aliphatic carbocycles. The Balaban J connectivity index is 1.35. The van der Waals surface area contributed by atoms with Gasteiger partial charge in [0.2, 0.25) is 24.1 Å². The molecule has 2 aliphatic heterocycles. The van der Waals surface area contributed by atoms with Gasteiger partial charge in [-0.15, -0.1) is 23.1 Å². The van der Waals surface area contributed by atoms with Crippen molar-refractivity contribution in [3.8, 4) is 11.5 Å². The lowest BCUT2D eigenvalue weighted by Crippen LogP contribution is -2.71. The molecule has 2 amide bonds. The fraction of sp³-hybridized carbons (Fsp3) is 0.185. The summed E-state index contributed by atoms with van der Waals surface area (Å²) >= 11 is 2.17. The number of β-lactam (4-membered cyclic amide) rings is 1. The quantitative estimate of drug-likeness (QED) is 0.0416. The molecule has 47 heavy (non-hydrogen) atoms. The van der Waals surface area contributed by atoms with E-state index in [9.17, 15) is 39.6 Å². The van der Waals surface area contributed by atoms with Crippen molar-refractivity contribution in [2.45, 2.75) is 24.1 Å². The van der Waals surface area contributed by atoms with Gasteiger partial charge in [0.25, 0.3) is 11.8 Å². The van der Waals surface area contributed by atoms with Crippen molar-refractivity contribution in [1.29, 1.82) is 0 Å². The lowest BCUT2D eigenvalue weighted by atomic mass is 10.0. The summed E-state index contributed by atoms with van der Waals surface area (Å²) in [6.45, 7) is 0.248. The number of thiazole rings is 1. The SMILES string of the molecule is Nc1cc(N)[n+](C/C=C/C2=C(C(=O)O)N3C(=O)[C@@H](NC(=O)/C(=N\O[C@@H](C(=O)O)c4ccc(O)c(O)c4)c4csc(N)n4)[C@H]3SC2)cn1. The number of nitrogens with one attached hydrogen (secondary N) is 1. The third-order valence-corrected chi connectivity index (χ3v) is 8.81. The molecule has 244 valence electrons. The molecular weight excluding hydrogens is 658 g/mol. The summed E-state index contributed by atoms with van der Waals surface area (Å²) in [5, 5.41) is 45.9. The molecule has 4 heterocycles. The highest BCUT2D eigenvalue weighted by Gasteiger charge is 2.54. The Labute approximate surface area is 272 Å². The monoisotopic (exact) mass is 684 g/mol. The number of benzene rings is 1. The molecule has 20 heteroatoms. The molecule has 11 N–H and O–H groups in total. The number of aliphatic carboxylic acids is 2. The fourth-order valence-corrected chi connectivity index (χ4v) is 6.44. The maximum Gasteiger partial charge on any atom is 0.352 e. The predicted molar refractivity (Wildman–Crippen MR) is 166 cm³/mol. The predicted octanol–water partition coefficient (Wildman–Crippen LogP) is -0.475. The smallest absolute Gasteiger partial charge is 0.352 e. The third-order valence-electron chi connectivity index (χ3n) is 6.84. The Bertz CT molecular complexity index is 1880. The van der Waals surface area contributed by atoms with Crippen molar-refractivity contribution in [3.63, 3.8) is 0 Å². The Morgan fingerprint density at radius 1 is 1.19 bits per heavy atom. The number of nitrogens with zero attached hydrogens (tertiary/aromatic N) is 5. The lowest BCUT2D eigenvalue weighted by molar-refractivity contribution is -0.675. The number of carbonyl (C=O) groups excluding carboxylic acids is 2. The number of aromatic nitrogens is 3. The standard InChI is InChI=1S/C27H25N9O9S2/c28-16-7-17(29)35(10-31-16)5-1-2-12-8-46-24-19(23(40)36(24)20(12)25(41)42)33-22(39)18(13-9-47-27(30)32-13)34-45-21(26(43)44)11-3-4-14(37)15(38)6-11/h1-4,6-7,9-10,19,21,24H,5,8H2,(H10,28,29,30,32,33,34,37,38,39,41,42,43,44)/p+1/b2-1+/t19-,21-,24-/m1/s1. The number of thioether (sulfide) groups is 1. The van der Waals surface area contributed by atoms with E-state index in [1.54, 1.807) is 16.7 Å². The van der Waals surface area contributed by atoms with Crippen LogP contribution >= 0.6 is 23.1 Å². The van der Waals surface area contributed by atoms with Crippen LogP contribution in [0.3, 0.4) is 0 Å². The number of anilines is 3. The number of aromatic hydroxyl groups is 2. The number of oxime groups is 1. The first-order valence-electron chi connectivity index (χ1n) is 13.3. The van der Waals surface area contributed by atoms with E-state index in [2.05, 4.69) is 20.4 Å². The van der Waals surface area contributed by atoms with E-state index in [0.29, 0.717) is 11.4 Å². The summed E-state index contributed by atoms with van der Waals surface area (Å²) in [6, 6.07) is 3.47. The van der Waals surface area contributed by atoms with E-state index in [1.165, 1.54) is 35.6 Å². The van der Waals surface area contributed by atoms with Gasteiger partial charge in [-0.2, -0.15) is 0 Å². The first-order chi connectivity index (χ1) is 22.3. The highest BCUT2D eigenvalue weighted by molar-refractivity contribution is 8.00. The maximum absolute atomic E-state index is 13.4. The molecular formula is C27H26N9O9S2+. The number of hydrogen-bond donors (Lipinski definition) is 8. The molecule has 5 rings (SSSR count). The second-order valence-electron chi connectivity index (χ2n) is 9.92. The van der Waals surface area contributed by atoms with Crippen molar-refractivity contribution in [2.24, 2.45) is 5.16 Å². The molecule has 0 spiro atoms. The van der Waals surface area contributed by atoms with Crippen molar-refractivity contribution in [2.75, 3.05) is 23.0 Å². The molecule has 2 aliphatic rings. The zero-order valence-electron chi connectivity index (χ0n) is 23.9. The van der Waals surface area contributed by atoms with Crippen LogP contribution in [0, 0.1) is 0 Å². The summed E-state index contributed by atoms with van der Waals surface area (Å²) in [6.07, 6.45) is 2.83. The molecule has 0 bridgehead atoms. The van der Waals surface area contributed by atoms with Crippen molar-refractivity contribution in [1.82, 2.24) is 20.2 Å². The molecule has 0 radical (unpaired) electrons. The van der Waals surface area contributed by atoms with E-state index in [-0.39, 0.29) is 40.2 Å². The van der Waals surface area contributed by atoms with Crippen LogP contribution < -0.4 is 27.1 Å². The average Bonchev–Trinajstić information content (AvgIpc) is 3.45. The number of hydrogen-bond acceptors (Lipinski definition) is 15. The first-order valence-corrected chi connectivity index (χ1v) is 15.3. The van der Waals surface area contributed by atoms with Crippen LogP contribution in [0.4, 0.5) is 16.8 Å². The van der Waals surface area contributed by atoms with E-state index in [1.807, 2.05) is 0 Å². The van der Waals surface area contributed by atoms with Crippen LogP contribution in [0.15, 0.2) is 64.6 Å². The van der Waals surface area contributed by atoms with Gasteiger partial charge in [0, 0.05) is 16.7 Å². The van der Waals surface area contributed by atoms with E-state index in [0.717, 1.165) is 28.4 Å². The first kappa shape index (κ1) is 32.5. The molecule has 0 unspecified atom stereocenters. The zero-order valence-corrected chi connectivity index (χ0v) is 25.5. The molecule has 1 aromatic carbocycles. The van der Waals surface area contributed by atoms with Gasteiger partial charge in [0.15, 0.2) is 22.3 Å². The molecule has 0 saturated carbocycles. The zero-order chi connectivity index (χ0) is 34.0. The van der Waals surface area contributed by atoms with Crippen LogP contribution in [0.25, 0.3) is 0 Å². The fourth-order valence-electron chi connectivity index (χ4n) is 4.57. The summed E-state index contributed by atoms with van der Waals surface area (Å²) in [5.41, 5.74) is 16.6. The third kappa shape index (κ3) is 6.72. The Morgan fingerprint density at radius 2 is 1.96 bits per heavy atom. The summed E-state index contributed by atoms with van der Waals surface area (Å²) in [7, 11) is 0. The molecule has 1 fully saturated rings. The van der Waals surface area contributed by atoms with Gasteiger partial charge in [-0.05, 0) is 17.7 Å². The number of phenolic OH excluding ortho intramolecular Hbond substituents is 2. The van der Waals surface area contributed by atoms with Gasteiger partial charge in [0.1, 0.15) is 22.8 Å². The second kappa shape index (κ2) is 13.2. The minimum absolute atomic E-state index is 0.0537. The number of allylic oxidation sites excluding steroid dienone is 2. The highest BCUT2D eigenvalue weighted by atomic mass is 32.2. The van der Waals surface area contributed by atoms with Crippen molar-refractivity contribution in [3.05, 3.63) is 70.7 Å². The molecule has 1 saturated heterocycles. The second-order valence-corrected chi connectivity index (χ2v) is 11.9. The van der Waals surface area contributed by atoms with Gasteiger partial charge in [-0.25, -0.2) is 19.1 Å². The number of amides is 2. The number of phenols is 2. The topological polar surface area (TPSA) is 294 Å². The minimum atomic E-state index is -1.82. The molecule has 3 aromatic rings. The number of fused-ring (bicyclic) bond motifs is 1.